The number of hydrogen-bond acceptors (Lipinski definition) is 4. The number of benzene rings is 1. The fourth-order valence-electron chi connectivity index (χ4n) is 2.54. The molecule has 1 aliphatic heterocycles. The lowest BCUT2D eigenvalue weighted by atomic mass is 10.1. The Morgan fingerprint density at radius 1 is 1.35 bits per heavy atom. The molecule has 0 radical (unpaired) electrons. The molecule has 0 unspecified atom stereocenters. The second-order valence-corrected chi connectivity index (χ2v) is 5.99. The number of carbonyl (C=O) groups excluding carboxylic acids is 1. The van der Waals surface area contributed by atoms with Crippen molar-refractivity contribution in [1.82, 2.24) is 5.32 Å². The summed E-state index contributed by atoms with van der Waals surface area (Å²) in [6.07, 6.45) is 1.85. The highest BCUT2D eigenvalue weighted by molar-refractivity contribution is 5.94. The smallest absolute Gasteiger partial charge is 0.321 e. The van der Waals surface area contributed by atoms with E-state index in [-0.39, 0.29) is 18.4 Å². The van der Waals surface area contributed by atoms with Crippen LogP contribution in [0.1, 0.15) is 30.4 Å². The normalized spacial score (nSPS) is 18.6. The van der Waals surface area contributed by atoms with Crippen LogP contribution in [-0.2, 0) is 14.3 Å². The van der Waals surface area contributed by atoms with Crippen LogP contribution in [0.25, 0.3) is 0 Å². The van der Waals surface area contributed by atoms with Gasteiger partial charge in [-0.15, -0.1) is 0 Å². The first kappa shape index (κ1) is 17.4. The molecular formula is C17H24N2O4. The number of aliphatic carboxylic acids is 1. The van der Waals surface area contributed by atoms with Crippen LogP contribution < -0.4 is 10.6 Å². The van der Waals surface area contributed by atoms with Gasteiger partial charge in [0.05, 0.1) is 12.5 Å². The molecule has 126 valence electrons. The lowest BCUT2D eigenvalue weighted by Crippen LogP contribution is -2.43. The topological polar surface area (TPSA) is 87.7 Å². The van der Waals surface area contributed by atoms with E-state index in [1.165, 1.54) is 0 Å². The summed E-state index contributed by atoms with van der Waals surface area (Å²) in [7, 11) is 0. The number of carboxylic acids is 1. The molecule has 0 aliphatic carbocycles. The van der Waals surface area contributed by atoms with Gasteiger partial charge in [0.2, 0.25) is 5.91 Å². The Kier molecular flexibility index (Phi) is 6.12. The van der Waals surface area contributed by atoms with Crippen LogP contribution in [0.3, 0.4) is 0 Å². The van der Waals surface area contributed by atoms with E-state index in [0.29, 0.717) is 12.2 Å². The van der Waals surface area contributed by atoms with Crippen LogP contribution in [-0.4, -0.2) is 42.3 Å². The molecule has 23 heavy (non-hydrogen) atoms. The van der Waals surface area contributed by atoms with Crippen LogP contribution in [0.4, 0.5) is 5.69 Å². The Hall–Kier alpha value is -1.92. The Labute approximate surface area is 136 Å². The first-order chi connectivity index (χ1) is 11.0. The highest BCUT2D eigenvalue weighted by Gasteiger charge is 2.23. The Balaban J connectivity index is 1.86. The molecule has 6 heteroatoms. The molecule has 1 heterocycles. The minimum Gasteiger partial charge on any atom is -0.480 e. The number of carbonyl (C=O) groups is 2. The monoisotopic (exact) mass is 320 g/mol. The average molecular weight is 320 g/mol. The van der Waals surface area contributed by atoms with Gasteiger partial charge in [0, 0.05) is 18.8 Å². The second kappa shape index (κ2) is 8.08. The molecule has 0 saturated carbocycles. The fraction of sp³-hybridized carbons (Fsp3) is 0.529. The molecule has 1 saturated heterocycles. The highest BCUT2D eigenvalue weighted by Crippen LogP contribution is 2.15. The van der Waals surface area contributed by atoms with Crippen molar-refractivity contribution in [3.05, 3.63) is 29.3 Å². The van der Waals surface area contributed by atoms with Crippen molar-refractivity contribution in [3.8, 4) is 0 Å². The summed E-state index contributed by atoms with van der Waals surface area (Å²) in [5.41, 5.74) is 2.90. The van der Waals surface area contributed by atoms with Gasteiger partial charge in [0.1, 0.15) is 6.04 Å². The average Bonchev–Trinajstić information content (AvgIpc) is 3.00. The predicted octanol–water partition coefficient (Wildman–Crippen LogP) is 1.85. The van der Waals surface area contributed by atoms with E-state index in [0.717, 1.165) is 30.6 Å². The molecule has 0 bridgehead atoms. The molecule has 3 N–H and O–H groups in total. The third-order valence-electron chi connectivity index (χ3n) is 4.09. The maximum atomic E-state index is 12.1. The Morgan fingerprint density at radius 2 is 2.13 bits per heavy atom. The summed E-state index contributed by atoms with van der Waals surface area (Å²) >= 11 is 0. The van der Waals surface area contributed by atoms with Crippen molar-refractivity contribution < 1.29 is 19.4 Å². The summed E-state index contributed by atoms with van der Waals surface area (Å²) < 4.78 is 5.45. The summed E-state index contributed by atoms with van der Waals surface area (Å²) in [5.74, 6) is -1.35. The summed E-state index contributed by atoms with van der Waals surface area (Å²) in [6, 6.07) is 4.71. The maximum absolute atomic E-state index is 12.1. The zero-order chi connectivity index (χ0) is 16.8. The van der Waals surface area contributed by atoms with Crippen molar-refractivity contribution in [3.63, 3.8) is 0 Å². The molecule has 2 atom stereocenters. The molecule has 1 aromatic rings. The number of nitrogens with one attached hydrogen (secondary N) is 2. The third kappa shape index (κ3) is 5.33. The van der Waals surface area contributed by atoms with Gasteiger partial charge in [0.25, 0.3) is 0 Å². The molecular weight excluding hydrogens is 296 g/mol. The summed E-state index contributed by atoms with van der Waals surface area (Å²) in [6.45, 7) is 5.13. The number of ether oxygens (including phenoxy) is 1. The van der Waals surface area contributed by atoms with Gasteiger partial charge < -0.3 is 20.5 Å². The number of carboxylic acid groups (broad SMARTS) is 1. The van der Waals surface area contributed by atoms with Crippen LogP contribution in [0.5, 0.6) is 0 Å². The van der Waals surface area contributed by atoms with Crippen molar-refractivity contribution >= 4 is 17.6 Å². The molecule has 0 aromatic heterocycles. The van der Waals surface area contributed by atoms with E-state index in [4.69, 9.17) is 4.74 Å². The van der Waals surface area contributed by atoms with Crippen molar-refractivity contribution in [2.24, 2.45) is 0 Å². The van der Waals surface area contributed by atoms with Gasteiger partial charge in [0.15, 0.2) is 0 Å². The zero-order valence-electron chi connectivity index (χ0n) is 13.6. The van der Waals surface area contributed by atoms with Gasteiger partial charge in [-0.05, 0) is 49.9 Å². The molecule has 0 spiro atoms. The van der Waals surface area contributed by atoms with Crippen molar-refractivity contribution in [2.75, 3.05) is 18.5 Å². The lowest BCUT2D eigenvalue weighted by Gasteiger charge is -2.17. The van der Waals surface area contributed by atoms with Gasteiger partial charge >= 0.3 is 5.97 Å². The maximum Gasteiger partial charge on any atom is 0.321 e. The van der Waals surface area contributed by atoms with E-state index in [1.54, 1.807) is 0 Å². The van der Waals surface area contributed by atoms with Gasteiger partial charge in [-0.25, -0.2) is 0 Å². The molecule has 1 aromatic carbocycles. The summed E-state index contributed by atoms with van der Waals surface area (Å²) in [5, 5.41) is 14.9. The van der Waals surface area contributed by atoms with Crippen molar-refractivity contribution in [2.45, 2.75) is 45.3 Å². The molecule has 6 nitrogen and oxygen atoms in total. The first-order valence-corrected chi connectivity index (χ1v) is 7.90. The molecule has 1 fully saturated rings. The number of rotatable bonds is 7. The largest absolute Gasteiger partial charge is 0.480 e. The number of hydrogen-bond donors (Lipinski definition) is 3. The van der Waals surface area contributed by atoms with Crippen LogP contribution in [0.2, 0.25) is 0 Å². The van der Waals surface area contributed by atoms with Crippen LogP contribution in [0, 0.1) is 13.8 Å². The minimum atomic E-state index is -1.03. The van der Waals surface area contributed by atoms with Gasteiger partial charge in [-0.2, -0.15) is 0 Å². The minimum absolute atomic E-state index is 0.0414. The van der Waals surface area contributed by atoms with Crippen LogP contribution in [0.15, 0.2) is 18.2 Å². The second-order valence-electron chi connectivity index (χ2n) is 5.99. The zero-order valence-corrected chi connectivity index (χ0v) is 13.6. The molecule has 2 rings (SSSR count). The van der Waals surface area contributed by atoms with E-state index in [1.807, 2.05) is 32.0 Å². The standard InChI is InChI=1S/C17H24N2O4/c1-11-5-6-13(8-12(11)2)19-16(20)9-15(17(21)22)18-10-14-4-3-7-23-14/h5-6,8,14-15,18H,3-4,7,9-10H2,1-2H3,(H,19,20)(H,21,22)/t14-,15+/m1/s1. The number of aryl methyl sites for hydroxylation is 2. The SMILES string of the molecule is Cc1ccc(NC(=O)C[C@H](NC[C@H]2CCCO2)C(=O)O)cc1C. The first-order valence-electron chi connectivity index (χ1n) is 7.90. The third-order valence-corrected chi connectivity index (χ3v) is 4.09. The number of anilines is 1. The van der Waals surface area contributed by atoms with Gasteiger partial charge in [-0.3, -0.25) is 9.59 Å². The predicted molar refractivity (Wildman–Crippen MR) is 87.6 cm³/mol. The lowest BCUT2D eigenvalue weighted by molar-refractivity contribution is -0.141. The van der Waals surface area contributed by atoms with Crippen molar-refractivity contribution in [1.29, 1.82) is 0 Å². The van der Waals surface area contributed by atoms with Gasteiger partial charge in [-0.1, -0.05) is 6.07 Å². The quantitative estimate of drug-likeness (QED) is 0.714. The molecule has 1 aliphatic rings. The fourth-order valence-corrected chi connectivity index (χ4v) is 2.54. The van der Waals surface area contributed by atoms with E-state index >= 15 is 0 Å². The van der Waals surface area contributed by atoms with E-state index in [9.17, 15) is 14.7 Å². The summed E-state index contributed by atoms with van der Waals surface area (Å²) in [4.78, 5) is 23.4. The molecule has 1 amide bonds. The highest BCUT2D eigenvalue weighted by atomic mass is 16.5. The van der Waals surface area contributed by atoms with E-state index < -0.39 is 12.0 Å². The Bertz CT molecular complexity index is 568. The van der Waals surface area contributed by atoms with E-state index in [2.05, 4.69) is 10.6 Å². The van der Waals surface area contributed by atoms with Crippen LogP contribution >= 0.6 is 0 Å². The number of amides is 1. The Morgan fingerprint density at radius 3 is 2.74 bits per heavy atom.